The van der Waals surface area contributed by atoms with Crippen LogP contribution in [0.2, 0.25) is 0 Å². The van der Waals surface area contributed by atoms with Crippen LogP contribution in [0.3, 0.4) is 0 Å². The van der Waals surface area contributed by atoms with Crippen LogP contribution in [0.25, 0.3) is 0 Å². The molecule has 0 saturated heterocycles. The first-order chi connectivity index (χ1) is 7.83. The fourth-order valence-electron chi connectivity index (χ4n) is 3.74. The first-order valence-electron chi connectivity index (χ1n) is 6.48. The molecule has 4 unspecified atom stereocenters. The van der Waals surface area contributed by atoms with E-state index in [1.165, 1.54) is 37.7 Å². The van der Waals surface area contributed by atoms with Crippen LogP contribution in [0.4, 0.5) is 0 Å². The standard InChI is InChI=1S/C14H20N2/c15-14(11-3-5-16-6-4-11)9-13-8-10-1-2-12(13)7-10/h3-6,10,12-14H,1-2,7-9,15H2. The van der Waals surface area contributed by atoms with Crippen molar-refractivity contribution >= 4 is 0 Å². The molecule has 2 fully saturated rings. The number of fused-ring (bicyclic) bond motifs is 2. The van der Waals surface area contributed by atoms with E-state index in [1.807, 2.05) is 12.4 Å². The fraction of sp³-hybridized carbons (Fsp3) is 0.643. The largest absolute Gasteiger partial charge is 0.324 e. The average Bonchev–Trinajstić information content (AvgIpc) is 2.92. The van der Waals surface area contributed by atoms with Gasteiger partial charge in [0.05, 0.1) is 0 Å². The highest BCUT2D eigenvalue weighted by atomic mass is 14.7. The van der Waals surface area contributed by atoms with Crippen LogP contribution in [0, 0.1) is 17.8 Å². The molecule has 86 valence electrons. The van der Waals surface area contributed by atoms with Gasteiger partial charge >= 0.3 is 0 Å². The van der Waals surface area contributed by atoms with Gasteiger partial charge in [-0.3, -0.25) is 4.98 Å². The van der Waals surface area contributed by atoms with Crippen LogP contribution < -0.4 is 5.73 Å². The molecule has 3 rings (SSSR count). The van der Waals surface area contributed by atoms with E-state index in [2.05, 4.69) is 17.1 Å². The molecule has 1 aromatic rings. The first kappa shape index (κ1) is 10.3. The van der Waals surface area contributed by atoms with Crippen molar-refractivity contribution in [1.82, 2.24) is 4.98 Å². The van der Waals surface area contributed by atoms with Gasteiger partial charge in [0.25, 0.3) is 0 Å². The fourth-order valence-corrected chi connectivity index (χ4v) is 3.74. The maximum absolute atomic E-state index is 6.28. The van der Waals surface area contributed by atoms with Crippen molar-refractivity contribution < 1.29 is 0 Å². The van der Waals surface area contributed by atoms with Crippen LogP contribution in [-0.2, 0) is 0 Å². The lowest BCUT2D eigenvalue weighted by Gasteiger charge is -2.24. The summed E-state index contributed by atoms with van der Waals surface area (Å²) in [7, 11) is 0. The monoisotopic (exact) mass is 216 g/mol. The summed E-state index contributed by atoms with van der Waals surface area (Å²) in [5.41, 5.74) is 7.53. The number of rotatable bonds is 3. The van der Waals surface area contributed by atoms with E-state index in [9.17, 15) is 0 Å². The average molecular weight is 216 g/mol. The van der Waals surface area contributed by atoms with Crippen molar-refractivity contribution in [3.63, 3.8) is 0 Å². The van der Waals surface area contributed by atoms with Crippen molar-refractivity contribution in [2.45, 2.75) is 38.1 Å². The van der Waals surface area contributed by atoms with Crippen LogP contribution in [0.15, 0.2) is 24.5 Å². The summed E-state index contributed by atoms with van der Waals surface area (Å²) in [4.78, 5) is 4.04. The molecule has 1 aromatic heterocycles. The Labute approximate surface area is 97.3 Å². The number of pyridine rings is 1. The van der Waals surface area contributed by atoms with E-state index >= 15 is 0 Å². The van der Waals surface area contributed by atoms with Crippen LogP contribution >= 0.6 is 0 Å². The molecule has 2 aliphatic carbocycles. The SMILES string of the molecule is NC(CC1CC2CCC1C2)c1ccncc1. The second-order valence-corrected chi connectivity index (χ2v) is 5.56. The van der Waals surface area contributed by atoms with Gasteiger partial charge in [-0.05, 0) is 61.1 Å². The number of hydrogen-bond acceptors (Lipinski definition) is 2. The summed E-state index contributed by atoms with van der Waals surface area (Å²) < 4.78 is 0. The van der Waals surface area contributed by atoms with Crippen molar-refractivity contribution in [1.29, 1.82) is 0 Å². The van der Waals surface area contributed by atoms with Crippen LogP contribution in [0.5, 0.6) is 0 Å². The minimum Gasteiger partial charge on any atom is -0.324 e. The summed E-state index contributed by atoms with van der Waals surface area (Å²) in [5, 5.41) is 0. The molecule has 2 heteroatoms. The highest BCUT2D eigenvalue weighted by Gasteiger charge is 2.39. The van der Waals surface area contributed by atoms with E-state index in [0.29, 0.717) is 0 Å². The van der Waals surface area contributed by atoms with Crippen molar-refractivity contribution in [3.05, 3.63) is 30.1 Å². The Morgan fingerprint density at radius 1 is 1.25 bits per heavy atom. The Kier molecular flexibility index (Phi) is 2.68. The lowest BCUT2D eigenvalue weighted by atomic mass is 9.83. The van der Waals surface area contributed by atoms with E-state index in [4.69, 9.17) is 5.73 Å². The minimum absolute atomic E-state index is 0.215. The number of nitrogens with zero attached hydrogens (tertiary/aromatic N) is 1. The Balaban J connectivity index is 1.63. The summed E-state index contributed by atoms with van der Waals surface area (Å²) in [6.45, 7) is 0. The van der Waals surface area contributed by atoms with Gasteiger partial charge in [-0.15, -0.1) is 0 Å². The maximum Gasteiger partial charge on any atom is 0.0298 e. The van der Waals surface area contributed by atoms with Gasteiger partial charge in [-0.2, -0.15) is 0 Å². The van der Waals surface area contributed by atoms with Gasteiger partial charge in [0.15, 0.2) is 0 Å². The number of hydrogen-bond donors (Lipinski definition) is 1. The van der Waals surface area contributed by atoms with Gasteiger partial charge in [0.2, 0.25) is 0 Å². The molecular formula is C14H20N2. The Morgan fingerprint density at radius 2 is 2.06 bits per heavy atom. The number of aromatic nitrogens is 1. The molecule has 0 aromatic carbocycles. The van der Waals surface area contributed by atoms with Gasteiger partial charge in [0, 0.05) is 18.4 Å². The van der Waals surface area contributed by atoms with Crippen molar-refractivity contribution in [2.24, 2.45) is 23.5 Å². The first-order valence-corrected chi connectivity index (χ1v) is 6.48. The zero-order valence-corrected chi connectivity index (χ0v) is 9.68. The highest BCUT2D eigenvalue weighted by Crippen LogP contribution is 2.50. The molecule has 0 spiro atoms. The third kappa shape index (κ3) is 1.86. The molecule has 0 aliphatic heterocycles. The van der Waals surface area contributed by atoms with Gasteiger partial charge < -0.3 is 5.73 Å². The normalized spacial score (nSPS) is 34.2. The van der Waals surface area contributed by atoms with E-state index in [-0.39, 0.29) is 6.04 Å². The zero-order valence-electron chi connectivity index (χ0n) is 9.68. The van der Waals surface area contributed by atoms with Gasteiger partial charge in [-0.25, -0.2) is 0 Å². The van der Waals surface area contributed by atoms with E-state index < -0.39 is 0 Å². The third-order valence-electron chi connectivity index (χ3n) is 4.58. The summed E-state index contributed by atoms with van der Waals surface area (Å²) >= 11 is 0. The summed E-state index contributed by atoms with van der Waals surface area (Å²) in [6.07, 6.45) is 10.7. The highest BCUT2D eigenvalue weighted by molar-refractivity contribution is 5.14. The molecule has 4 atom stereocenters. The Hall–Kier alpha value is -0.890. The maximum atomic E-state index is 6.28. The van der Waals surface area contributed by atoms with Crippen LogP contribution in [-0.4, -0.2) is 4.98 Å². The lowest BCUT2D eigenvalue weighted by Crippen LogP contribution is -2.19. The topological polar surface area (TPSA) is 38.9 Å². The molecule has 2 nitrogen and oxygen atoms in total. The van der Waals surface area contributed by atoms with Gasteiger partial charge in [0.1, 0.15) is 0 Å². The predicted octanol–water partition coefficient (Wildman–Crippen LogP) is 2.91. The van der Waals surface area contributed by atoms with E-state index in [0.717, 1.165) is 17.8 Å². The molecular weight excluding hydrogens is 196 g/mol. The molecule has 2 bridgehead atoms. The number of nitrogens with two attached hydrogens (primary N) is 1. The molecule has 2 N–H and O–H groups in total. The molecule has 2 saturated carbocycles. The quantitative estimate of drug-likeness (QED) is 0.843. The van der Waals surface area contributed by atoms with Gasteiger partial charge in [-0.1, -0.05) is 6.42 Å². The summed E-state index contributed by atoms with van der Waals surface area (Å²) in [5.74, 6) is 2.90. The third-order valence-corrected chi connectivity index (χ3v) is 4.58. The predicted molar refractivity (Wildman–Crippen MR) is 64.7 cm³/mol. The molecule has 16 heavy (non-hydrogen) atoms. The minimum atomic E-state index is 0.215. The van der Waals surface area contributed by atoms with Crippen molar-refractivity contribution in [3.8, 4) is 0 Å². The van der Waals surface area contributed by atoms with E-state index in [1.54, 1.807) is 0 Å². The molecule has 2 aliphatic rings. The Morgan fingerprint density at radius 3 is 2.69 bits per heavy atom. The molecule has 0 radical (unpaired) electrons. The smallest absolute Gasteiger partial charge is 0.0298 e. The van der Waals surface area contributed by atoms with Crippen LogP contribution in [0.1, 0.15) is 43.7 Å². The second-order valence-electron chi connectivity index (χ2n) is 5.56. The van der Waals surface area contributed by atoms with Crippen molar-refractivity contribution in [2.75, 3.05) is 0 Å². The summed E-state index contributed by atoms with van der Waals surface area (Å²) in [6, 6.07) is 4.32. The molecule has 1 heterocycles. The zero-order chi connectivity index (χ0) is 11.0. The lowest BCUT2D eigenvalue weighted by molar-refractivity contribution is 0.296. The molecule has 0 amide bonds. The second kappa shape index (κ2) is 4.17. The Bertz CT molecular complexity index is 349.